The van der Waals surface area contributed by atoms with E-state index in [0.717, 1.165) is 62.6 Å². The van der Waals surface area contributed by atoms with Gasteiger partial charge in [0.15, 0.2) is 0 Å². The summed E-state index contributed by atoms with van der Waals surface area (Å²) < 4.78 is 5.90. The topological polar surface area (TPSA) is 48.3 Å². The molecule has 1 N–H and O–H groups in total. The standard InChI is InChI=1S/C16H23N3O2/c1-18-9-10-21-13(11-18)12-19-8-4-6-15(17-20)14-5-2-3-7-16(14)19/h2-3,5,7,13,20H,4,6,8-12H2,1H3/b17-15-. The Morgan fingerprint density at radius 1 is 1.33 bits per heavy atom. The van der Waals surface area contributed by atoms with Crippen molar-refractivity contribution in [3.05, 3.63) is 29.8 Å². The molecule has 1 aromatic carbocycles. The van der Waals surface area contributed by atoms with Crippen molar-refractivity contribution in [2.45, 2.75) is 18.9 Å². The van der Waals surface area contributed by atoms with Crippen LogP contribution in [-0.2, 0) is 4.74 Å². The fourth-order valence-corrected chi connectivity index (χ4v) is 3.20. The van der Waals surface area contributed by atoms with Gasteiger partial charge in [-0.25, -0.2) is 0 Å². The first kappa shape index (κ1) is 14.4. The molecule has 0 saturated carbocycles. The molecule has 0 aromatic heterocycles. The molecule has 0 spiro atoms. The third kappa shape index (κ3) is 3.19. The molecule has 0 amide bonds. The second-order valence-corrected chi connectivity index (χ2v) is 5.87. The van der Waals surface area contributed by atoms with Gasteiger partial charge in [-0.3, -0.25) is 0 Å². The Balaban J connectivity index is 1.81. The van der Waals surface area contributed by atoms with Crippen molar-refractivity contribution in [2.24, 2.45) is 5.16 Å². The number of hydrogen-bond acceptors (Lipinski definition) is 5. The summed E-state index contributed by atoms with van der Waals surface area (Å²) in [6.45, 7) is 4.65. The van der Waals surface area contributed by atoms with Crippen molar-refractivity contribution in [1.29, 1.82) is 0 Å². The highest BCUT2D eigenvalue weighted by atomic mass is 16.5. The quantitative estimate of drug-likeness (QED) is 0.666. The third-order valence-electron chi connectivity index (χ3n) is 4.28. The zero-order chi connectivity index (χ0) is 14.7. The third-order valence-corrected chi connectivity index (χ3v) is 4.28. The van der Waals surface area contributed by atoms with Gasteiger partial charge in [0.25, 0.3) is 0 Å². The van der Waals surface area contributed by atoms with E-state index in [1.165, 1.54) is 0 Å². The first-order chi connectivity index (χ1) is 10.3. The summed E-state index contributed by atoms with van der Waals surface area (Å²) in [5, 5.41) is 12.7. The molecule has 3 rings (SSSR count). The number of ether oxygens (including phenoxy) is 1. The van der Waals surface area contributed by atoms with E-state index in [1.807, 2.05) is 18.2 Å². The van der Waals surface area contributed by atoms with Gasteiger partial charge < -0.3 is 19.7 Å². The van der Waals surface area contributed by atoms with Gasteiger partial charge in [-0.05, 0) is 26.0 Å². The van der Waals surface area contributed by atoms with Crippen LogP contribution >= 0.6 is 0 Å². The van der Waals surface area contributed by atoms with E-state index in [-0.39, 0.29) is 6.10 Å². The van der Waals surface area contributed by atoms with Crippen LogP contribution in [0.1, 0.15) is 18.4 Å². The molecular weight excluding hydrogens is 266 g/mol. The Morgan fingerprint density at radius 2 is 2.19 bits per heavy atom. The molecule has 1 unspecified atom stereocenters. The largest absolute Gasteiger partial charge is 0.411 e. The van der Waals surface area contributed by atoms with Crippen LogP contribution in [0.4, 0.5) is 5.69 Å². The van der Waals surface area contributed by atoms with Gasteiger partial charge in [-0.2, -0.15) is 0 Å². The molecule has 2 heterocycles. The number of morpholine rings is 1. The normalized spacial score (nSPS) is 25.7. The van der Waals surface area contributed by atoms with Crippen LogP contribution in [0, 0.1) is 0 Å². The maximum absolute atomic E-state index is 9.24. The van der Waals surface area contributed by atoms with Gasteiger partial charge in [-0.15, -0.1) is 0 Å². The summed E-state index contributed by atoms with van der Waals surface area (Å²) in [4.78, 5) is 4.69. The van der Waals surface area contributed by atoms with Gasteiger partial charge >= 0.3 is 0 Å². The molecule has 114 valence electrons. The molecule has 1 atom stereocenters. The number of likely N-dealkylation sites (N-methyl/N-ethyl adjacent to an activating group) is 1. The first-order valence-corrected chi connectivity index (χ1v) is 7.63. The average Bonchev–Trinajstić information content (AvgIpc) is 2.67. The lowest BCUT2D eigenvalue weighted by Crippen LogP contribution is -2.46. The molecule has 0 bridgehead atoms. The van der Waals surface area contributed by atoms with Gasteiger partial charge in [-0.1, -0.05) is 23.4 Å². The summed E-state index contributed by atoms with van der Waals surface area (Å²) in [7, 11) is 2.14. The van der Waals surface area contributed by atoms with E-state index in [2.05, 4.69) is 28.1 Å². The number of rotatable bonds is 2. The summed E-state index contributed by atoms with van der Waals surface area (Å²) >= 11 is 0. The zero-order valence-electron chi connectivity index (χ0n) is 12.5. The van der Waals surface area contributed by atoms with E-state index in [9.17, 15) is 5.21 Å². The second-order valence-electron chi connectivity index (χ2n) is 5.87. The minimum atomic E-state index is 0.240. The second kappa shape index (κ2) is 6.45. The number of para-hydroxylation sites is 1. The average molecular weight is 289 g/mol. The zero-order valence-corrected chi connectivity index (χ0v) is 12.5. The predicted octanol–water partition coefficient (Wildman–Crippen LogP) is 1.80. The molecule has 2 aliphatic heterocycles. The van der Waals surface area contributed by atoms with Crippen LogP contribution in [0.3, 0.4) is 0 Å². The minimum absolute atomic E-state index is 0.240. The van der Waals surface area contributed by atoms with Gasteiger partial charge in [0.05, 0.1) is 18.4 Å². The lowest BCUT2D eigenvalue weighted by atomic mass is 10.1. The lowest BCUT2D eigenvalue weighted by molar-refractivity contribution is -0.0147. The molecule has 1 fully saturated rings. The SMILES string of the molecule is CN1CCOC(CN2CCC/C(=N/O)c3ccccc32)C1. The summed E-state index contributed by atoms with van der Waals surface area (Å²) in [6.07, 6.45) is 2.05. The van der Waals surface area contributed by atoms with Crippen LogP contribution in [-0.4, -0.2) is 61.8 Å². The molecule has 2 aliphatic rings. The van der Waals surface area contributed by atoms with Gasteiger partial charge in [0.2, 0.25) is 0 Å². The Bertz CT molecular complexity index is 518. The predicted molar refractivity (Wildman–Crippen MR) is 83.4 cm³/mol. The summed E-state index contributed by atoms with van der Waals surface area (Å²) in [5.74, 6) is 0. The van der Waals surface area contributed by atoms with Crippen LogP contribution in [0.15, 0.2) is 29.4 Å². The molecule has 0 aliphatic carbocycles. The highest BCUT2D eigenvalue weighted by Crippen LogP contribution is 2.27. The fraction of sp³-hybridized carbons (Fsp3) is 0.562. The monoisotopic (exact) mass is 289 g/mol. The van der Waals surface area contributed by atoms with Crippen LogP contribution in [0.2, 0.25) is 0 Å². The van der Waals surface area contributed by atoms with E-state index in [0.29, 0.717) is 0 Å². The number of fused-ring (bicyclic) bond motifs is 1. The Kier molecular flexibility index (Phi) is 4.41. The number of oxime groups is 1. The maximum Gasteiger partial charge on any atom is 0.0889 e. The summed E-state index contributed by atoms with van der Waals surface area (Å²) in [5.41, 5.74) is 2.98. The van der Waals surface area contributed by atoms with E-state index < -0.39 is 0 Å². The number of hydrogen-bond donors (Lipinski definition) is 1. The minimum Gasteiger partial charge on any atom is -0.411 e. The Hall–Kier alpha value is -1.59. The maximum atomic E-state index is 9.24. The molecule has 5 nitrogen and oxygen atoms in total. The van der Waals surface area contributed by atoms with Crippen molar-refractivity contribution in [3.63, 3.8) is 0 Å². The van der Waals surface area contributed by atoms with E-state index >= 15 is 0 Å². The van der Waals surface area contributed by atoms with Crippen molar-refractivity contribution < 1.29 is 9.94 Å². The Labute approximate surface area is 125 Å². The first-order valence-electron chi connectivity index (χ1n) is 7.63. The van der Waals surface area contributed by atoms with Crippen molar-refractivity contribution in [2.75, 3.05) is 44.7 Å². The van der Waals surface area contributed by atoms with E-state index in [4.69, 9.17) is 4.74 Å². The number of nitrogens with zero attached hydrogens (tertiary/aromatic N) is 3. The van der Waals surface area contributed by atoms with Gasteiger partial charge in [0, 0.05) is 37.4 Å². The fourth-order valence-electron chi connectivity index (χ4n) is 3.20. The van der Waals surface area contributed by atoms with Crippen molar-refractivity contribution in [1.82, 2.24) is 4.90 Å². The molecular formula is C16H23N3O2. The summed E-state index contributed by atoms with van der Waals surface area (Å²) in [6, 6.07) is 8.19. The van der Waals surface area contributed by atoms with Gasteiger partial charge in [0.1, 0.15) is 0 Å². The molecule has 1 saturated heterocycles. The smallest absolute Gasteiger partial charge is 0.0889 e. The number of anilines is 1. The van der Waals surface area contributed by atoms with Crippen LogP contribution in [0.5, 0.6) is 0 Å². The number of benzene rings is 1. The Morgan fingerprint density at radius 3 is 3.00 bits per heavy atom. The van der Waals surface area contributed by atoms with Crippen molar-refractivity contribution >= 4 is 11.4 Å². The molecule has 21 heavy (non-hydrogen) atoms. The molecule has 1 aromatic rings. The van der Waals surface area contributed by atoms with Crippen LogP contribution < -0.4 is 4.90 Å². The molecule has 5 heteroatoms. The lowest BCUT2D eigenvalue weighted by Gasteiger charge is -2.34. The van der Waals surface area contributed by atoms with E-state index in [1.54, 1.807) is 0 Å². The highest BCUT2D eigenvalue weighted by Gasteiger charge is 2.24. The highest BCUT2D eigenvalue weighted by molar-refractivity contribution is 6.05. The van der Waals surface area contributed by atoms with Crippen molar-refractivity contribution in [3.8, 4) is 0 Å². The molecule has 0 radical (unpaired) electrons. The van der Waals surface area contributed by atoms with Crippen LogP contribution in [0.25, 0.3) is 0 Å².